The number of rotatable bonds is 7. The Morgan fingerprint density at radius 1 is 1.18 bits per heavy atom. The van der Waals surface area contributed by atoms with Crippen molar-refractivity contribution in [3.63, 3.8) is 0 Å². The van der Waals surface area contributed by atoms with Crippen LogP contribution in [0.1, 0.15) is 29.8 Å². The molecule has 10 heteroatoms. The first-order valence-corrected chi connectivity index (χ1v) is 9.82. The summed E-state index contributed by atoms with van der Waals surface area (Å²) in [6.45, 7) is 5.23. The van der Waals surface area contributed by atoms with Crippen molar-refractivity contribution in [1.82, 2.24) is 4.31 Å². The summed E-state index contributed by atoms with van der Waals surface area (Å²) in [5, 5.41) is 10.8. The molecule has 0 atom stereocenters. The zero-order chi connectivity index (χ0) is 21.1. The third-order valence-electron chi connectivity index (χ3n) is 4.08. The van der Waals surface area contributed by atoms with Gasteiger partial charge >= 0.3 is 5.97 Å². The Morgan fingerprint density at radius 2 is 1.82 bits per heavy atom. The van der Waals surface area contributed by atoms with Crippen molar-refractivity contribution in [1.29, 1.82) is 0 Å². The van der Waals surface area contributed by atoms with Gasteiger partial charge in [0.15, 0.2) is 0 Å². The van der Waals surface area contributed by atoms with Gasteiger partial charge in [-0.3, -0.25) is 10.1 Å². The van der Waals surface area contributed by atoms with E-state index in [4.69, 9.17) is 4.74 Å². The molecule has 0 bridgehead atoms. The van der Waals surface area contributed by atoms with Gasteiger partial charge in [0.1, 0.15) is 11.6 Å². The minimum atomic E-state index is -3.88. The SMILES string of the molecule is CCN(CC)S(=O)(=O)c1ccc(F)c(C(=O)Oc2ccc([N+](=O)[O-])c(C)c2)c1. The number of hydrogen-bond donors (Lipinski definition) is 0. The van der Waals surface area contributed by atoms with E-state index in [1.54, 1.807) is 13.8 Å². The molecule has 0 radical (unpaired) electrons. The normalized spacial score (nSPS) is 11.5. The second-order valence-electron chi connectivity index (χ2n) is 5.83. The molecular weight excluding hydrogens is 391 g/mol. The van der Waals surface area contributed by atoms with Crippen LogP contribution in [0.2, 0.25) is 0 Å². The molecule has 0 amide bonds. The lowest BCUT2D eigenvalue weighted by Gasteiger charge is -2.18. The topological polar surface area (TPSA) is 107 Å². The van der Waals surface area contributed by atoms with E-state index in [0.29, 0.717) is 0 Å². The van der Waals surface area contributed by atoms with Crippen molar-refractivity contribution in [2.75, 3.05) is 13.1 Å². The van der Waals surface area contributed by atoms with Crippen molar-refractivity contribution in [3.05, 3.63) is 63.5 Å². The number of benzene rings is 2. The Kier molecular flexibility index (Phi) is 6.47. The van der Waals surface area contributed by atoms with Gasteiger partial charge in [-0.05, 0) is 37.3 Å². The first kappa shape index (κ1) is 21.5. The lowest BCUT2D eigenvalue weighted by atomic mass is 10.2. The molecular formula is C18H19FN2O6S. The van der Waals surface area contributed by atoms with Crippen LogP contribution >= 0.6 is 0 Å². The van der Waals surface area contributed by atoms with Crippen molar-refractivity contribution >= 4 is 21.7 Å². The second kappa shape index (κ2) is 8.44. The summed E-state index contributed by atoms with van der Waals surface area (Å²) >= 11 is 0. The Morgan fingerprint density at radius 3 is 2.36 bits per heavy atom. The molecule has 0 saturated carbocycles. The smallest absolute Gasteiger partial charge is 0.346 e. The summed E-state index contributed by atoms with van der Waals surface area (Å²) in [4.78, 5) is 22.4. The van der Waals surface area contributed by atoms with Crippen LogP contribution in [0, 0.1) is 22.9 Å². The van der Waals surface area contributed by atoms with Crippen LogP contribution < -0.4 is 4.74 Å². The van der Waals surface area contributed by atoms with Crippen LogP contribution in [-0.2, 0) is 10.0 Å². The van der Waals surface area contributed by atoms with Gasteiger partial charge in [0, 0.05) is 24.7 Å². The number of aryl methyl sites for hydroxylation is 1. The summed E-state index contributed by atoms with van der Waals surface area (Å²) in [5.41, 5.74) is -0.448. The Bertz CT molecular complexity index is 1020. The molecule has 2 rings (SSSR count). The molecule has 0 fully saturated rings. The predicted octanol–water partition coefficient (Wildman–Crippen LogP) is 3.29. The van der Waals surface area contributed by atoms with Crippen LogP contribution in [0.5, 0.6) is 5.75 Å². The molecule has 8 nitrogen and oxygen atoms in total. The number of nitro benzene ring substituents is 1. The third-order valence-corrected chi connectivity index (χ3v) is 6.12. The number of carbonyl (C=O) groups is 1. The molecule has 0 unspecified atom stereocenters. The van der Waals surface area contributed by atoms with E-state index in [9.17, 15) is 27.7 Å². The molecule has 0 aliphatic heterocycles. The van der Waals surface area contributed by atoms with Gasteiger partial charge in [-0.2, -0.15) is 4.31 Å². The van der Waals surface area contributed by atoms with Crippen molar-refractivity contribution < 1.29 is 27.3 Å². The standard InChI is InChI=1S/C18H19FN2O6S/c1-4-20(5-2)28(25,26)14-7-8-16(19)15(11-14)18(22)27-13-6-9-17(21(23)24)12(3)10-13/h6-11H,4-5H2,1-3H3. The highest BCUT2D eigenvalue weighted by Crippen LogP contribution is 2.25. The fourth-order valence-corrected chi connectivity index (χ4v) is 4.08. The zero-order valence-corrected chi connectivity index (χ0v) is 16.3. The number of esters is 1. The molecule has 0 spiro atoms. The maximum absolute atomic E-state index is 14.1. The van der Waals surface area contributed by atoms with Gasteiger partial charge in [-0.1, -0.05) is 13.8 Å². The number of carbonyl (C=O) groups excluding carboxylic acids is 1. The number of ether oxygens (including phenoxy) is 1. The highest BCUT2D eigenvalue weighted by atomic mass is 32.2. The molecule has 2 aromatic rings. The molecule has 0 aliphatic rings. The molecule has 0 N–H and O–H groups in total. The predicted molar refractivity (Wildman–Crippen MR) is 99.3 cm³/mol. The molecule has 0 aromatic heterocycles. The Hall–Kier alpha value is -2.85. The largest absolute Gasteiger partial charge is 0.423 e. The fraction of sp³-hybridized carbons (Fsp3) is 0.278. The first-order chi connectivity index (χ1) is 13.1. The summed E-state index contributed by atoms with van der Waals surface area (Å²) in [7, 11) is -3.88. The molecule has 28 heavy (non-hydrogen) atoms. The molecule has 2 aromatic carbocycles. The van der Waals surface area contributed by atoms with E-state index < -0.39 is 32.3 Å². The van der Waals surface area contributed by atoms with E-state index in [0.717, 1.165) is 24.3 Å². The van der Waals surface area contributed by atoms with E-state index in [1.807, 2.05) is 0 Å². The van der Waals surface area contributed by atoms with Gasteiger partial charge in [0.25, 0.3) is 5.69 Å². The molecule has 150 valence electrons. The number of sulfonamides is 1. The lowest BCUT2D eigenvalue weighted by Crippen LogP contribution is -2.30. The van der Waals surface area contributed by atoms with E-state index in [2.05, 4.69) is 0 Å². The van der Waals surface area contributed by atoms with Crippen LogP contribution in [0.4, 0.5) is 10.1 Å². The number of hydrogen-bond acceptors (Lipinski definition) is 6. The van der Waals surface area contributed by atoms with Gasteiger partial charge < -0.3 is 4.74 Å². The molecule has 0 aliphatic carbocycles. The average molecular weight is 410 g/mol. The van der Waals surface area contributed by atoms with E-state index in [-0.39, 0.29) is 35.0 Å². The summed E-state index contributed by atoms with van der Waals surface area (Å²) in [5.74, 6) is -2.08. The van der Waals surface area contributed by atoms with E-state index >= 15 is 0 Å². The maximum Gasteiger partial charge on any atom is 0.346 e. The quantitative estimate of drug-likeness (QED) is 0.300. The van der Waals surface area contributed by atoms with Gasteiger partial charge in [0.2, 0.25) is 10.0 Å². The molecule has 0 saturated heterocycles. The zero-order valence-electron chi connectivity index (χ0n) is 15.5. The van der Waals surface area contributed by atoms with E-state index in [1.165, 1.54) is 23.4 Å². The van der Waals surface area contributed by atoms with Crippen LogP contribution in [-0.4, -0.2) is 36.7 Å². The van der Waals surface area contributed by atoms with Crippen LogP contribution in [0.25, 0.3) is 0 Å². The fourth-order valence-electron chi connectivity index (χ4n) is 2.59. The number of nitrogens with zero attached hydrogens (tertiary/aromatic N) is 2. The Labute approximate surface area is 161 Å². The van der Waals surface area contributed by atoms with Gasteiger partial charge in [0.05, 0.1) is 15.4 Å². The molecule has 0 heterocycles. The minimum Gasteiger partial charge on any atom is -0.423 e. The first-order valence-electron chi connectivity index (χ1n) is 8.38. The second-order valence-corrected chi connectivity index (χ2v) is 7.76. The highest BCUT2D eigenvalue weighted by molar-refractivity contribution is 7.89. The van der Waals surface area contributed by atoms with Gasteiger partial charge in [-0.25, -0.2) is 17.6 Å². The van der Waals surface area contributed by atoms with Crippen LogP contribution in [0.15, 0.2) is 41.3 Å². The van der Waals surface area contributed by atoms with Gasteiger partial charge in [-0.15, -0.1) is 0 Å². The monoisotopic (exact) mass is 410 g/mol. The number of nitro groups is 1. The van der Waals surface area contributed by atoms with Crippen molar-refractivity contribution in [3.8, 4) is 5.75 Å². The maximum atomic E-state index is 14.1. The van der Waals surface area contributed by atoms with Crippen molar-refractivity contribution in [2.45, 2.75) is 25.7 Å². The summed E-state index contributed by atoms with van der Waals surface area (Å²) < 4.78 is 45.5. The van der Waals surface area contributed by atoms with Crippen molar-refractivity contribution in [2.24, 2.45) is 0 Å². The minimum absolute atomic E-state index is 0.0236. The third kappa shape index (κ3) is 4.34. The average Bonchev–Trinajstić information content (AvgIpc) is 2.62. The highest BCUT2D eigenvalue weighted by Gasteiger charge is 2.25. The number of halogens is 1. The Balaban J connectivity index is 2.36. The summed E-state index contributed by atoms with van der Waals surface area (Å²) in [6.07, 6.45) is 0. The van der Waals surface area contributed by atoms with Crippen LogP contribution in [0.3, 0.4) is 0 Å². The lowest BCUT2D eigenvalue weighted by molar-refractivity contribution is -0.385. The summed E-state index contributed by atoms with van der Waals surface area (Å²) in [6, 6.07) is 6.52.